The quantitative estimate of drug-likeness (QED) is 0.856. The molecule has 0 heterocycles. The standard InChI is InChI=1S/C11H12BrF4NO/c1-2-8(17)10(11(14,15)16)18-9-5-6(13)3-4-7(9)12/h3-5,8,10H,2,17H2,1H3. The fourth-order valence-corrected chi connectivity index (χ4v) is 1.66. The summed E-state index contributed by atoms with van der Waals surface area (Å²) in [4.78, 5) is 0. The van der Waals surface area contributed by atoms with Crippen molar-refractivity contribution in [3.63, 3.8) is 0 Å². The van der Waals surface area contributed by atoms with Crippen molar-refractivity contribution < 1.29 is 22.3 Å². The van der Waals surface area contributed by atoms with Crippen LogP contribution in [0.1, 0.15) is 13.3 Å². The zero-order valence-electron chi connectivity index (χ0n) is 9.47. The number of nitrogens with two attached hydrogens (primary N) is 1. The van der Waals surface area contributed by atoms with Crippen LogP contribution in [0.5, 0.6) is 5.75 Å². The van der Waals surface area contributed by atoms with Gasteiger partial charge in [-0.3, -0.25) is 0 Å². The fraction of sp³-hybridized carbons (Fsp3) is 0.455. The van der Waals surface area contributed by atoms with E-state index in [9.17, 15) is 17.6 Å². The third kappa shape index (κ3) is 3.84. The van der Waals surface area contributed by atoms with E-state index in [4.69, 9.17) is 10.5 Å². The molecule has 0 aliphatic heterocycles. The van der Waals surface area contributed by atoms with Crippen LogP contribution in [0.3, 0.4) is 0 Å². The molecule has 2 N–H and O–H groups in total. The normalized spacial score (nSPS) is 15.3. The number of rotatable bonds is 4. The van der Waals surface area contributed by atoms with Gasteiger partial charge in [-0.15, -0.1) is 0 Å². The zero-order valence-corrected chi connectivity index (χ0v) is 11.1. The predicted molar refractivity (Wildman–Crippen MR) is 62.8 cm³/mol. The highest BCUT2D eigenvalue weighted by Crippen LogP contribution is 2.32. The molecular weight excluding hydrogens is 318 g/mol. The van der Waals surface area contributed by atoms with Gasteiger partial charge in [0.25, 0.3) is 0 Å². The SMILES string of the molecule is CCC(N)C(Oc1cc(F)ccc1Br)C(F)(F)F. The molecule has 1 aromatic rings. The third-order valence-corrected chi connectivity index (χ3v) is 2.99. The van der Waals surface area contributed by atoms with E-state index in [1.807, 2.05) is 0 Å². The maximum Gasteiger partial charge on any atom is 0.426 e. The van der Waals surface area contributed by atoms with Crippen molar-refractivity contribution in [1.29, 1.82) is 0 Å². The molecule has 18 heavy (non-hydrogen) atoms. The third-order valence-electron chi connectivity index (χ3n) is 2.33. The van der Waals surface area contributed by atoms with Gasteiger partial charge in [-0.25, -0.2) is 4.39 Å². The molecule has 2 unspecified atom stereocenters. The number of alkyl halides is 3. The summed E-state index contributed by atoms with van der Waals surface area (Å²) in [6, 6.07) is 2.06. The predicted octanol–water partition coefficient (Wildman–Crippen LogP) is 3.64. The maximum absolute atomic E-state index is 13.0. The molecule has 0 aliphatic rings. The van der Waals surface area contributed by atoms with Crippen LogP contribution in [0, 0.1) is 5.82 Å². The van der Waals surface area contributed by atoms with Gasteiger partial charge in [0, 0.05) is 6.07 Å². The van der Waals surface area contributed by atoms with Crippen LogP contribution in [0.15, 0.2) is 22.7 Å². The lowest BCUT2D eigenvalue weighted by Crippen LogP contribution is -2.48. The zero-order chi connectivity index (χ0) is 13.9. The Balaban J connectivity index is 3.00. The number of hydrogen-bond donors (Lipinski definition) is 1. The largest absolute Gasteiger partial charge is 0.478 e. The lowest BCUT2D eigenvalue weighted by atomic mass is 10.1. The van der Waals surface area contributed by atoms with Gasteiger partial charge in [-0.2, -0.15) is 13.2 Å². The van der Waals surface area contributed by atoms with E-state index >= 15 is 0 Å². The Kier molecular flexibility index (Phi) is 4.98. The van der Waals surface area contributed by atoms with Crippen LogP contribution in [-0.2, 0) is 0 Å². The second kappa shape index (κ2) is 5.88. The van der Waals surface area contributed by atoms with E-state index in [0.717, 1.165) is 12.1 Å². The van der Waals surface area contributed by atoms with Gasteiger partial charge in [-0.05, 0) is 34.5 Å². The van der Waals surface area contributed by atoms with Gasteiger partial charge >= 0.3 is 6.18 Å². The second-order valence-corrected chi connectivity index (χ2v) is 4.58. The molecule has 0 amide bonds. The summed E-state index contributed by atoms with van der Waals surface area (Å²) in [5, 5.41) is 0. The van der Waals surface area contributed by atoms with Crippen LogP contribution >= 0.6 is 15.9 Å². The summed E-state index contributed by atoms with van der Waals surface area (Å²) >= 11 is 3.00. The van der Waals surface area contributed by atoms with Crippen molar-refractivity contribution in [2.24, 2.45) is 5.73 Å². The molecule has 1 aromatic carbocycles. The molecule has 0 aromatic heterocycles. The van der Waals surface area contributed by atoms with E-state index in [2.05, 4.69) is 15.9 Å². The molecule has 0 saturated carbocycles. The van der Waals surface area contributed by atoms with E-state index in [1.165, 1.54) is 13.0 Å². The molecule has 0 saturated heterocycles. The fourth-order valence-electron chi connectivity index (χ4n) is 1.32. The number of halogens is 5. The molecule has 7 heteroatoms. The van der Waals surface area contributed by atoms with Crippen LogP contribution in [-0.4, -0.2) is 18.3 Å². The number of hydrogen-bond acceptors (Lipinski definition) is 2. The van der Waals surface area contributed by atoms with Gasteiger partial charge < -0.3 is 10.5 Å². The van der Waals surface area contributed by atoms with E-state index in [1.54, 1.807) is 0 Å². The smallest absolute Gasteiger partial charge is 0.426 e. The Morgan fingerprint density at radius 1 is 1.39 bits per heavy atom. The van der Waals surface area contributed by atoms with Crippen molar-refractivity contribution >= 4 is 15.9 Å². The van der Waals surface area contributed by atoms with Gasteiger partial charge in [0.15, 0.2) is 0 Å². The minimum Gasteiger partial charge on any atom is -0.478 e. The lowest BCUT2D eigenvalue weighted by Gasteiger charge is -2.26. The first kappa shape index (κ1) is 15.2. The number of ether oxygens (including phenoxy) is 1. The minimum absolute atomic E-state index is 0.0944. The molecule has 0 aliphatic carbocycles. The Bertz CT molecular complexity index is 411. The average molecular weight is 330 g/mol. The Morgan fingerprint density at radius 3 is 2.50 bits per heavy atom. The van der Waals surface area contributed by atoms with Gasteiger partial charge in [-0.1, -0.05) is 6.92 Å². The topological polar surface area (TPSA) is 35.2 Å². The van der Waals surface area contributed by atoms with Crippen molar-refractivity contribution in [2.45, 2.75) is 31.7 Å². The molecule has 0 spiro atoms. The van der Waals surface area contributed by atoms with Gasteiger partial charge in [0.05, 0.1) is 10.5 Å². The lowest BCUT2D eigenvalue weighted by molar-refractivity contribution is -0.201. The first-order chi connectivity index (χ1) is 8.25. The van der Waals surface area contributed by atoms with Crippen LogP contribution in [0.2, 0.25) is 0 Å². The van der Waals surface area contributed by atoms with E-state index < -0.39 is 24.1 Å². The molecule has 2 atom stereocenters. The Morgan fingerprint density at radius 2 is 2.00 bits per heavy atom. The number of benzene rings is 1. The molecule has 0 bridgehead atoms. The molecular formula is C11H12BrF4NO. The summed E-state index contributed by atoms with van der Waals surface area (Å²) in [5.74, 6) is -0.902. The highest BCUT2D eigenvalue weighted by molar-refractivity contribution is 9.10. The molecule has 0 radical (unpaired) electrons. The van der Waals surface area contributed by atoms with Gasteiger partial charge in [0.1, 0.15) is 11.6 Å². The maximum atomic E-state index is 13.0. The summed E-state index contributed by atoms with van der Waals surface area (Å²) in [6.07, 6.45) is -6.68. The van der Waals surface area contributed by atoms with Crippen LogP contribution < -0.4 is 10.5 Å². The van der Waals surface area contributed by atoms with Crippen molar-refractivity contribution in [3.05, 3.63) is 28.5 Å². The van der Waals surface area contributed by atoms with Crippen molar-refractivity contribution in [1.82, 2.24) is 0 Å². The molecule has 0 fully saturated rings. The average Bonchev–Trinajstić information content (AvgIpc) is 2.27. The van der Waals surface area contributed by atoms with E-state index in [-0.39, 0.29) is 16.6 Å². The first-order valence-electron chi connectivity index (χ1n) is 5.19. The Hall–Kier alpha value is -0.820. The van der Waals surface area contributed by atoms with Gasteiger partial charge in [0.2, 0.25) is 6.10 Å². The highest BCUT2D eigenvalue weighted by atomic mass is 79.9. The highest BCUT2D eigenvalue weighted by Gasteiger charge is 2.45. The van der Waals surface area contributed by atoms with Crippen LogP contribution in [0.25, 0.3) is 0 Å². The second-order valence-electron chi connectivity index (χ2n) is 3.73. The Labute approximate surface area is 110 Å². The van der Waals surface area contributed by atoms with Crippen molar-refractivity contribution in [3.8, 4) is 5.75 Å². The van der Waals surface area contributed by atoms with Crippen LogP contribution in [0.4, 0.5) is 17.6 Å². The minimum atomic E-state index is -4.61. The summed E-state index contributed by atoms with van der Waals surface area (Å²) in [5.41, 5.74) is 5.39. The van der Waals surface area contributed by atoms with Crippen molar-refractivity contribution in [2.75, 3.05) is 0 Å². The van der Waals surface area contributed by atoms with E-state index in [0.29, 0.717) is 0 Å². The monoisotopic (exact) mass is 329 g/mol. The summed E-state index contributed by atoms with van der Waals surface area (Å²) < 4.78 is 56.3. The molecule has 1 rings (SSSR count). The first-order valence-corrected chi connectivity index (χ1v) is 5.99. The summed E-state index contributed by atoms with van der Waals surface area (Å²) in [7, 11) is 0. The summed E-state index contributed by atoms with van der Waals surface area (Å²) in [6.45, 7) is 1.52. The molecule has 102 valence electrons. The molecule has 2 nitrogen and oxygen atoms in total.